The van der Waals surface area contributed by atoms with Crippen LogP contribution in [0.15, 0.2) is 29.2 Å². The molecule has 0 bridgehead atoms. The molecule has 1 aliphatic heterocycles. The molecule has 1 fully saturated rings. The van der Waals surface area contributed by atoms with Gasteiger partial charge in [0.05, 0.1) is 24.8 Å². The quantitative estimate of drug-likeness (QED) is 0.788. The summed E-state index contributed by atoms with van der Waals surface area (Å²) in [6, 6.07) is 2.05. The van der Waals surface area contributed by atoms with Gasteiger partial charge in [-0.1, -0.05) is 0 Å². The molecule has 0 spiro atoms. The Labute approximate surface area is 137 Å². The minimum Gasteiger partial charge on any atom is -0.472 e. The Balaban J connectivity index is 1.51. The molecule has 0 saturated heterocycles. The SMILES string of the molecule is CCOC[C@@H]1CN(Cc2ccoc2)Cc2cn(CC3CC3)nc21. The number of furan rings is 1. The number of ether oxygens (including phenoxy) is 1. The van der Waals surface area contributed by atoms with Crippen LogP contribution in [-0.4, -0.2) is 34.4 Å². The second-order valence-corrected chi connectivity index (χ2v) is 6.86. The van der Waals surface area contributed by atoms with Gasteiger partial charge in [0.25, 0.3) is 0 Å². The summed E-state index contributed by atoms with van der Waals surface area (Å²) in [5, 5.41) is 4.89. The largest absolute Gasteiger partial charge is 0.472 e. The van der Waals surface area contributed by atoms with Crippen molar-refractivity contribution in [2.75, 3.05) is 19.8 Å². The highest BCUT2D eigenvalue weighted by Gasteiger charge is 2.30. The van der Waals surface area contributed by atoms with Crippen molar-refractivity contribution in [1.82, 2.24) is 14.7 Å². The molecule has 1 saturated carbocycles. The normalized spacial score (nSPS) is 21.5. The molecule has 2 aromatic heterocycles. The Morgan fingerprint density at radius 2 is 2.30 bits per heavy atom. The Bertz CT molecular complexity index is 631. The van der Waals surface area contributed by atoms with Gasteiger partial charge in [0.15, 0.2) is 0 Å². The molecule has 1 atom stereocenters. The molecular formula is C18H25N3O2. The van der Waals surface area contributed by atoms with E-state index in [2.05, 4.69) is 22.7 Å². The average Bonchev–Trinajstić information content (AvgIpc) is 3.04. The Morgan fingerprint density at radius 1 is 1.39 bits per heavy atom. The third-order valence-electron chi connectivity index (χ3n) is 4.78. The maximum absolute atomic E-state index is 5.72. The highest BCUT2D eigenvalue weighted by Crippen LogP contribution is 2.33. The molecule has 0 N–H and O–H groups in total. The fourth-order valence-corrected chi connectivity index (χ4v) is 3.46. The van der Waals surface area contributed by atoms with Crippen molar-refractivity contribution in [1.29, 1.82) is 0 Å². The van der Waals surface area contributed by atoms with E-state index in [0.29, 0.717) is 5.92 Å². The number of fused-ring (bicyclic) bond motifs is 1. The number of hydrogen-bond donors (Lipinski definition) is 0. The smallest absolute Gasteiger partial charge is 0.0947 e. The topological polar surface area (TPSA) is 43.4 Å². The van der Waals surface area contributed by atoms with Gasteiger partial charge >= 0.3 is 0 Å². The van der Waals surface area contributed by atoms with Crippen molar-refractivity contribution in [3.05, 3.63) is 41.6 Å². The van der Waals surface area contributed by atoms with Gasteiger partial charge in [-0.2, -0.15) is 5.10 Å². The minimum atomic E-state index is 0.367. The molecule has 0 unspecified atom stereocenters. The van der Waals surface area contributed by atoms with Crippen LogP contribution in [0.3, 0.4) is 0 Å². The molecule has 4 rings (SSSR count). The number of hydrogen-bond acceptors (Lipinski definition) is 4. The summed E-state index contributed by atoms with van der Waals surface area (Å²) in [5.74, 6) is 1.22. The fourth-order valence-electron chi connectivity index (χ4n) is 3.46. The number of nitrogens with zero attached hydrogens (tertiary/aromatic N) is 3. The summed E-state index contributed by atoms with van der Waals surface area (Å²) < 4.78 is 13.1. The van der Waals surface area contributed by atoms with Crippen LogP contribution in [0.1, 0.15) is 42.5 Å². The van der Waals surface area contributed by atoms with E-state index in [-0.39, 0.29) is 0 Å². The van der Waals surface area contributed by atoms with Gasteiger partial charge in [-0.15, -0.1) is 0 Å². The van der Waals surface area contributed by atoms with Crippen LogP contribution in [0.2, 0.25) is 0 Å². The van der Waals surface area contributed by atoms with Crippen LogP contribution < -0.4 is 0 Å². The first kappa shape index (κ1) is 15.0. The van der Waals surface area contributed by atoms with Crippen LogP contribution in [0, 0.1) is 5.92 Å². The van der Waals surface area contributed by atoms with Crippen LogP contribution in [0.25, 0.3) is 0 Å². The Morgan fingerprint density at radius 3 is 3.04 bits per heavy atom. The second-order valence-electron chi connectivity index (χ2n) is 6.86. The van der Waals surface area contributed by atoms with Crippen LogP contribution in [0.4, 0.5) is 0 Å². The standard InChI is InChI=1S/C18H25N3O2/c1-2-22-13-17-10-20(7-15-5-6-23-12-15)9-16-11-21(19-18(16)17)8-14-3-4-14/h5-6,11-12,14,17H,2-4,7-10,13H2,1H3/t17-/m0/s1. The molecule has 1 aliphatic carbocycles. The van der Waals surface area contributed by atoms with Gasteiger partial charge in [-0.3, -0.25) is 9.58 Å². The number of aromatic nitrogens is 2. The van der Waals surface area contributed by atoms with Gasteiger partial charge in [0.1, 0.15) is 0 Å². The lowest BCUT2D eigenvalue weighted by Gasteiger charge is -2.31. The van der Waals surface area contributed by atoms with Gasteiger partial charge in [-0.05, 0) is 31.7 Å². The predicted octanol–water partition coefficient (Wildman–Crippen LogP) is 3.02. The molecule has 0 radical (unpaired) electrons. The van der Waals surface area contributed by atoms with Crippen molar-refractivity contribution >= 4 is 0 Å². The third-order valence-corrected chi connectivity index (χ3v) is 4.78. The van der Waals surface area contributed by atoms with E-state index in [1.165, 1.54) is 29.7 Å². The summed E-state index contributed by atoms with van der Waals surface area (Å²) in [6.45, 7) is 7.54. The molecule has 0 aromatic carbocycles. The van der Waals surface area contributed by atoms with Gasteiger partial charge < -0.3 is 9.15 Å². The zero-order valence-corrected chi connectivity index (χ0v) is 13.8. The van der Waals surface area contributed by atoms with E-state index in [0.717, 1.165) is 45.3 Å². The van der Waals surface area contributed by atoms with E-state index in [9.17, 15) is 0 Å². The summed E-state index contributed by atoms with van der Waals surface area (Å²) in [7, 11) is 0. The van der Waals surface area contributed by atoms with Crippen molar-refractivity contribution in [2.24, 2.45) is 5.92 Å². The molecule has 5 nitrogen and oxygen atoms in total. The lowest BCUT2D eigenvalue weighted by molar-refractivity contribution is 0.104. The molecule has 5 heteroatoms. The third kappa shape index (κ3) is 3.51. The molecular weight excluding hydrogens is 290 g/mol. The average molecular weight is 315 g/mol. The van der Waals surface area contributed by atoms with Crippen LogP contribution in [-0.2, 0) is 24.4 Å². The maximum Gasteiger partial charge on any atom is 0.0947 e. The first-order valence-electron chi connectivity index (χ1n) is 8.69. The zero-order chi connectivity index (χ0) is 15.6. The van der Waals surface area contributed by atoms with E-state index < -0.39 is 0 Å². The molecule has 0 amide bonds. The first-order valence-corrected chi connectivity index (χ1v) is 8.69. The highest BCUT2D eigenvalue weighted by atomic mass is 16.5. The Hall–Kier alpha value is -1.59. The summed E-state index contributed by atoms with van der Waals surface area (Å²) in [4.78, 5) is 2.47. The highest BCUT2D eigenvalue weighted by molar-refractivity contribution is 5.25. The Kier molecular flexibility index (Phi) is 4.23. The first-order chi connectivity index (χ1) is 11.3. The molecule has 3 heterocycles. The van der Waals surface area contributed by atoms with Crippen molar-refractivity contribution in [2.45, 2.75) is 45.3 Å². The molecule has 124 valence electrons. The molecule has 23 heavy (non-hydrogen) atoms. The van der Waals surface area contributed by atoms with E-state index in [1.54, 1.807) is 6.26 Å². The minimum absolute atomic E-state index is 0.367. The molecule has 2 aliphatic rings. The van der Waals surface area contributed by atoms with Gasteiger partial charge in [-0.25, -0.2) is 0 Å². The fraction of sp³-hybridized carbons (Fsp3) is 0.611. The summed E-state index contributed by atoms with van der Waals surface area (Å²) >= 11 is 0. The van der Waals surface area contributed by atoms with Crippen LogP contribution >= 0.6 is 0 Å². The number of rotatable bonds is 7. The molecule has 2 aromatic rings. The van der Waals surface area contributed by atoms with E-state index in [1.807, 2.05) is 12.3 Å². The lowest BCUT2D eigenvalue weighted by atomic mass is 9.97. The van der Waals surface area contributed by atoms with E-state index in [4.69, 9.17) is 14.3 Å². The van der Waals surface area contributed by atoms with E-state index >= 15 is 0 Å². The maximum atomic E-state index is 5.72. The van der Waals surface area contributed by atoms with Crippen molar-refractivity contribution in [3.63, 3.8) is 0 Å². The zero-order valence-electron chi connectivity index (χ0n) is 13.8. The monoisotopic (exact) mass is 315 g/mol. The summed E-state index contributed by atoms with van der Waals surface area (Å²) in [6.07, 6.45) is 8.56. The lowest BCUT2D eigenvalue weighted by Crippen LogP contribution is -2.34. The second kappa shape index (κ2) is 6.49. The van der Waals surface area contributed by atoms with Crippen molar-refractivity contribution in [3.8, 4) is 0 Å². The predicted molar refractivity (Wildman–Crippen MR) is 87.0 cm³/mol. The van der Waals surface area contributed by atoms with Crippen molar-refractivity contribution < 1.29 is 9.15 Å². The summed E-state index contributed by atoms with van der Waals surface area (Å²) in [5.41, 5.74) is 3.85. The van der Waals surface area contributed by atoms with Crippen LogP contribution in [0.5, 0.6) is 0 Å². The van der Waals surface area contributed by atoms with Gasteiger partial charge in [0, 0.05) is 56.0 Å². The van der Waals surface area contributed by atoms with Gasteiger partial charge in [0.2, 0.25) is 0 Å².